The number of carbonyl (C=O) groups is 1. The summed E-state index contributed by atoms with van der Waals surface area (Å²) in [5.74, 6) is -0.0201. The lowest BCUT2D eigenvalue weighted by atomic mass is 9.72. The molecule has 1 aliphatic carbocycles. The minimum atomic E-state index is -0.267. The molecule has 144 valence electrons. The molecular formula is C23H28O4. The van der Waals surface area contributed by atoms with Gasteiger partial charge in [-0.15, -0.1) is 0 Å². The van der Waals surface area contributed by atoms with E-state index in [0.717, 1.165) is 12.8 Å². The van der Waals surface area contributed by atoms with E-state index in [9.17, 15) is 15.0 Å². The first-order valence-corrected chi connectivity index (χ1v) is 9.11. The van der Waals surface area contributed by atoms with Crippen molar-refractivity contribution in [3.05, 3.63) is 65.0 Å². The third-order valence-corrected chi connectivity index (χ3v) is 4.90. The number of aromatic hydroxyl groups is 1. The fraction of sp³-hybridized carbons (Fsp3) is 0.348. The number of benzene rings is 1. The van der Waals surface area contributed by atoms with Gasteiger partial charge < -0.3 is 14.9 Å². The van der Waals surface area contributed by atoms with Crippen LogP contribution < -0.4 is 4.74 Å². The van der Waals surface area contributed by atoms with Gasteiger partial charge in [-0.1, -0.05) is 37.6 Å². The number of hydrogen-bond donors (Lipinski definition) is 2. The molecule has 0 spiro atoms. The minimum Gasteiger partial charge on any atom is -0.508 e. The number of phenols is 1. The van der Waals surface area contributed by atoms with Crippen molar-refractivity contribution < 1.29 is 19.7 Å². The summed E-state index contributed by atoms with van der Waals surface area (Å²) in [5, 5.41) is 19.7. The van der Waals surface area contributed by atoms with Crippen molar-refractivity contribution in [3.8, 4) is 11.5 Å². The first-order valence-electron chi connectivity index (χ1n) is 9.11. The number of allylic oxidation sites excluding steroid dienone is 6. The Kier molecular flexibility index (Phi) is 6.67. The summed E-state index contributed by atoms with van der Waals surface area (Å²) in [6.07, 6.45) is 11.0. The summed E-state index contributed by atoms with van der Waals surface area (Å²) < 4.78 is 4.99. The van der Waals surface area contributed by atoms with E-state index in [2.05, 4.69) is 20.8 Å². The molecule has 1 aromatic rings. The summed E-state index contributed by atoms with van der Waals surface area (Å²) in [4.78, 5) is 12.1. The van der Waals surface area contributed by atoms with E-state index in [1.54, 1.807) is 18.2 Å². The lowest BCUT2D eigenvalue weighted by Gasteiger charge is -2.32. The van der Waals surface area contributed by atoms with Gasteiger partial charge in [-0.3, -0.25) is 4.79 Å². The average molecular weight is 368 g/mol. The van der Waals surface area contributed by atoms with Crippen LogP contribution in [-0.4, -0.2) is 23.1 Å². The first-order chi connectivity index (χ1) is 12.7. The second-order valence-corrected chi connectivity index (χ2v) is 7.50. The summed E-state index contributed by atoms with van der Waals surface area (Å²) >= 11 is 0. The fourth-order valence-corrected chi connectivity index (χ4v) is 3.41. The molecule has 0 atom stereocenters. The first kappa shape index (κ1) is 20.6. The fourth-order valence-electron chi connectivity index (χ4n) is 3.41. The maximum absolute atomic E-state index is 12.1. The van der Waals surface area contributed by atoms with E-state index in [4.69, 9.17) is 4.74 Å². The zero-order valence-corrected chi connectivity index (χ0v) is 16.5. The van der Waals surface area contributed by atoms with Gasteiger partial charge in [-0.25, -0.2) is 0 Å². The van der Waals surface area contributed by atoms with E-state index < -0.39 is 0 Å². The largest absolute Gasteiger partial charge is 0.508 e. The molecule has 0 unspecified atom stereocenters. The third kappa shape index (κ3) is 5.61. The van der Waals surface area contributed by atoms with Crippen LogP contribution in [0.2, 0.25) is 0 Å². The van der Waals surface area contributed by atoms with Crippen molar-refractivity contribution in [1.29, 1.82) is 0 Å². The molecule has 0 aromatic heterocycles. The van der Waals surface area contributed by atoms with Crippen molar-refractivity contribution >= 4 is 11.9 Å². The highest BCUT2D eigenvalue weighted by atomic mass is 16.5. The Morgan fingerprint density at radius 3 is 2.59 bits per heavy atom. The molecule has 1 aliphatic rings. The van der Waals surface area contributed by atoms with Gasteiger partial charge in [0.25, 0.3) is 0 Å². The Morgan fingerprint density at radius 1 is 1.22 bits per heavy atom. The molecule has 27 heavy (non-hydrogen) atoms. The van der Waals surface area contributed by atoms with Crippen LogP contribution >= 0.6 is 0 Å². The van der Waals surface area contributed by atoms with E-state index >= 15 is 0 Å². The molecule has 0 heterocycles. The number of aliphatic hydroxyl groups excluding tert-OH is 1. The Labute approximate surface area is 161 Å². The van der Waals surface area contributed by atoms with Crippen molar-refractivity contribution in [1.82, 2.24) is 0 Å². The minimum absolute atomic E-state index is 0.0147. The molecule has 0 amide bonds. The number of aliphatic hydroxyl groups is 1. The third-order valence-electron chi connectivity index (χ3n) is 4.90. The molecule has 2 N–H and O–H groups in total. The second kappa shape index (κ2) is 8.76. The van der Waals surface area contributed by atoms with Crippen LogP contribution in [0.4, 0.5) is 0 Å². The number of rotatable bonds is 6. The van der Waals surface area contributed by atoms with Crippen LogP contribution in [-0.2, 0) is 4.79 Å². The van der Waals surface area contributed by atoms with E-state index in [1.807, 2.05) is 6.08 Å². The van der Waals surface area contributed by atoms with Crippen LogP contribution in [0.1, 0.15) is 45.6 Å². The Hall–Kier alpha value is -2.75. The van der Waals surface area contributed by atoms with Crippen molar-refractivity contribution in [2.45, 2.75) is 40.0 Å². The topological polar surface area (TPSA) is 66.8 Å². The van der Waals surface area contributed by atoms with Gasteiger partial charge in [0.05, 0.1) is 7.11 Å². The maximum Gasteiger partial charge on any atom is 0.182 e. The molecule has 0 fully saturated rings. The predicted molar refractivity (Wildman–Crippen MR) is 109 cm³/mol. The average Bonchev–Trinajstić information content (AvgIpc) is 2.59. The SMILES string of the molecule is COc1ccc(/C=C/C(O)=C/C(=O)/C=C/C2=C(C)CCCC2(C)C)cc1O. The summed E-state index contributed by atoms with van der Waals surface area (Å²) in [6.45, 7) is 6.51. The van der Waals surface area contributed by atoms with Gasteiger partial charge in [0.2, 0.25) is 0 Å². The monoisotopic (exact) mass is 368 g/mol. The van der Waals surface area contributed by atoms with Gasteiger partial charge >= 0.3 is 0 Å². The highest BCUT2D eigenvalue weighted by molar-refractivity contribution is 6.00. The molecule has 4 heteroatoms. The molecule has 0 aliphatic heterocycles. The van der Waals surface area contributed by atoms with E-state index in [0.29, 0.717) is 11.3 Å². The van der Waals surface area contributed by atoms with Gasteiger partial charge in [0, 0.05) is 6.08 Å². The van der Waals surface area contributed by atoms with Crippen LogP contribution in [0, 0.1) is 5.41 Å². The van der Waals surface area contributed by atoms with Gasteiger partial charge in [0.15, 0.2) is 17.3 Å². The number of methoxy groups -OCH3 is 1. The predicted octanol–water partition coefficient (Wildman–Crippen LogP) is 5.51. The number of phenolic OH excluding ortho intramolecular Hbond substituents is 1. The van der Waals surface area contributed by atoms with Crippen molar-refractivity contribution in [2.75, 3.05) is 7.11 Å². The molecule has 2 rings (SSSR count). The molecule has 1 aromatic carbocycles. The van der Waals surface area contributed by atoms with Gasteiger partial charge in [-0.05, 0) is 67.0 Å². The number of ketones is 1. The Bertz CT molecular complexity index is 823. The Balaban J connectivity index is 2.07. The molecule has 4 nitrogen and oxygen atoms in total. The van der Waals surface area contributed by atoms with Crippen LogP contribution in [0.5, 0.6) is 11.5 Å². The van der Waals surface area contributed by atoms with Gasteiger partial charge in [-0.2, -0.15) is 0 Å². The van der Waals surface area contributed by atoms with Gasteiger partial charge in [0.1, 0.15) is 5.76 Å². The number of carbonyl (C=O) groups excluding carboxylic acids is 1. The lowest BCUT2D eigenvalue weighted by Crippen LogP contribution is -2.19. The number of hydrogen-bond acceptors (Lipinski definition) is 4. The van der Waals surface area contributed by atoms with Crippen molar-refractivity contribution in [2.24, 2.45) is 5.41 Å². The molecule has 0 saturated carbocycles. The summed E-state index contributed by atoms with van der Waals surface area (Å²) in [7, 11) is 1.48. The molecule has 0 saturated heterocycles. The standard InChI is InChI=1S/C23H28O4/c1-16-6-5-13-23(2,3)20(16)11-10-19(25)15-18(24)9-7-17-8-12-22(27-4)21(26)14-17/h7-12,14-15,24,26H,5-6,13H2,1-4H3/b9-7+,11-10+,18-15-. The zero-order chi connectivity index (χ0) is 20.0. The summed E-state index contributed by atoms with van der Waals surface area (Å²) in [5.41, 5.74) is 3.28. The Morgan fingerprint density at radius 2 is 1.96 bits per heavy atom. The highest BCUT2D eigenvalue weighted by Gasteiger charge is 2.26. The smallest absolute Gasteiger partial charge is 0.182 e. The normalized spacial score (nSPS) is 17.7. The molecule has 0 radical (unpaired) electrons. The quantitative estimate of drug-likeness (QED) is 0.395. The second-order valence-electron chi connectivity index (χ2n) is 7.50. The lowest BCUT2D eigenvalue weighted by molar-refractivity contribution is -0.110. The zero-order valence-electron chi connectivity index (χ0n) is 16.5. The molecule has 0 bridgehead atoms. The number of ether oxygens (including phenoxy) is 1. The van der Waals surface area contributed by atoms with E-state index in [-0.39, 0.29) is 22.7 Å². The van der Waals surface area contributed by atoms with Crippen LogP contribution in [0.3, 0.4) is 0 Å². The van der Waals surface area contributed by atoms with E-state index in [1.165, 1.54) is 49.0 Å². The van der Waals surface area contributed by atoms with Crippen LogP contribution in [0.25, 0.3) is 6.08 Å². The maximum atomic E-state index is 12.1. The van der Waals surface area contributed by atoms with Crippen molar-refractivity contribution in [3.63, 3.8) is 0 Å². The van der Waals surface area contributed by atoms with Crippen LogP contribution in [0.15, 0.2) is 59.4 Å². The molecular weight excluding hydrogens is 340 g/mol. The highest BCUT2D eigenvalue weighted by Crippen LogP contribution is 2.40. The summed E-state index contributed by atoms with van der Waals surface area (Å²) in [6, 6.07) is 4.89.